The van der Waals surface area contributed by atoms with E-state index in [9.17, 15) is 19.8 Å². The van der Waals surface area contributed by atoms with Gasteiger partial charge in [0.1, 0.15) is 17.6 Å². The van der Waals surface area contributed by atoms with Crippen LogP contribution in [0.15, 0.2) is 77.3 Å². The van der Waals surface area contributed by atoms with Gasteiger partial charge in [-0.15, -0.1) is 0 Å². The number of nitrogens with zero attached hydrogens (tertiary/aromatic N) is 2. The monoisotopic (exact) mass is 513 g/mol. The zero-order valence-corrected chi connectivity index (χ0v) is 20.8. The van der Waals surface area contributed by atoms with Gasteiger partial charge in [-0.25, -0.2) is 9.59 Å². The molecule has 0 saturated carbocycles. The molecule has 8 nitrogen and oxygen atoms in total. The number of aromatic carboxylic acids is 2. The third-order valence-electron chi connectivity index (χ3n) is 6.21. The highest BCUT2D eigenvalue weighted by Crippen LogP contribution is 2.43. The summed E-state index contributed by atoms with van der Waals surface area (Å²) in [7, 11) is 0. The Morgan fingerprint density at radius 3 is 2.22 bits per heavy atom. The number of aromatic nitrogens is 1. The third kappa shape index (κ3) is 4.68. The molecule has 1 aliphatic rings. The minimum atomic E-state index is -1.22. The summed E-state index contributed by atoms with van der Waals surface area (Å²) in [5.41, 5.74) is 3.93. The first-order valence-electron chi connectivity index (χ1n) is 11.5. The number of carbonyl (C=O) groups is 2. The molecule has 2 atom stereocenters. The minimum Gasteiger partial charge on any atom is -0.478 e. The zero-order chi connectivity index (χ0) is 26.3. The molecular weight excluding hydrogens is 490 g/mol. The summed E-state index contributed by atoms with van der Waals surface area (Å²) in [6, 6.07) is 18.5. The average molecular weight is 514 g/mol. The molecule has 0 bridgehead atoms. The number of pyridine rings is 1. The summed E-state index contributed by atoms with van der Waals surface area (Å²) < 4.78 is 6.28. The van der Waals surface area contributed by atoms with Crippen molar-refractivity contribution in [3.8, 4) is 11.3 Å². The number of hydrogen-bond donors (Lipinski definition) is 3. The van der Waals surface area contributed by atoms with E-state index in [1.807, 2.05) is 49.1 Å². The fraction of sp³-hybridized carbons (Fsp3) is 0.143. The van der Waals surface area contributed by atoms with Crippen molar-refractivity contribution in [2.45, 2.75) is 25.9 Å². The number of nitrogens with one attached hydrogen (secondary N) is 1. The molecule has 0 unspecified atom stereocenters. The number of furan rings is 1. The lowest BCUT2D eigenvalue weighted by molar-refractivity contribution is 0.0696. The van der Waals surface area contributed by atoms with Crippen LogP contribution in [0.2, 0.25) is 0 Å². The van der Waals surface area contributed by atoms with Crippen molar-refractivity contribution in [1.82, 2.24) is 10.3 Å². The van der Waals surface area contributed by atoms with Crippen molar-refractivity contribution >= 4 is 35.0 Å². The first-order valence-corrected chi connectivity index (χ1v) is 11.9. The van der Waals surface area contributed by atoms with Crippen molar-refractivity contribution in [1.29, 1.82) is 0 Å². The lowest BCUT2D eigenvalue weighted by atomic mass is 10.0. The Kier molecular flexibility index (Phi) is 6.22. The van der Waals surface area contributed by atoms with Crippen LogP contribution in [0.25, 0.3) is 11.3 Å². The second-order valence-electron chi connectivity index (χ2n) is 8.95. The molecule has 1 fully saturated rings. The van der Waals surface area contributed by atoms with Gasteiger partial charge < -0.3 is 24.8 Å². The summed E-state index contributed by atoms with van der Waals surface area (Å²) in [6.07, 6.45) is 1.72. The van der Waals surface area contributed by atoms with Gasteiger partial charge >= 0.3 is 11.9 Å². The molecule has 3 N–H and O–H groups in total. The Balaban J connectivity index is 1.63. The quantitative estimate of drug-likeness (QED) is 0.286. The van der Waals surface area contributed by atoms with Gasteiger partial charge in [-0.05, 0) is 91.8 Å². The maximum absolute atomic E-state index is 11.6. The summed E-state index contributed by atoms with van der Waals surface area (Å²) in [5, 5.41) is 22.9. The van der Waals surface area contributed by atoms with Gasteiger partial charge in [0.15, 0.2) is 5.11 Å². The van der Waals surface area contributed by atoms with E-state index in [1.54, 1.807) is 18.3 Å². The molecule has 1 saturated heterocycles. The van der Waals surface area contributed by atoms with Gasteiger partial charge in [-0.2, -0.15) is 0 Å². The van der Waals surface area contributed by atoms with Crippen molar-refractivity contribution < 1.29 is 24.2 Å². The molecule has 3 heterocycles. The van der Waals surface area contributed by atoms with Crippen LogP contribution in [0.1, 0.15) is 55.4 Å². The van der Waals surface area contributed by atoms with E-state index in [2.05, 4.69) is 16.4 Å². The summed E-state index contributed by atoms with van der Waals surface area (Å²) in [5.74, 6) is -1.54. The number of carboxylic acid groups (broad SMARTS) is 2. The van der Waals surface area contributed by atoms with Gasteiger partial charge in [-0.3, -0.25) is 4.98 Å². The SMILES string of the molecule is Cc1cc(C)cc(N2C(=S)N[C@@H](c3ccccn3)[C@@H]2c2ccc(-c3cc(C(=O)O)cc(C(=O)O)c3)o2)c1. The van der Waals surface area contributed by atoms with Gasteiger partial charge in [0.05, 0.1) is 22.9 Å². The Morgan fingerprint density at radius 2 is 1.62 bits per heavy atom. The average Bonchev–Trinajstić information content (AvgIpc) is 3.48. The topological polar surface area (TPSA) is 116 Å². The van der Waals surface area contributed by atoms with Crippen molar-refractivity contribution in [3.63, 3.8) is 0 Å². The Labute approximate surface area is 218 Å². The molecule has 0 spiro atoms. The second kappa shape index (κ2) is 9.51. The standard InChI is InChI=1S/C28H23N3O5S/c1-15-9-16(2)11-20(10-15)31-25(24(30-28(31)37)21-5-3-4-8-29-21)23-7-6-22(36-23)17-12-18(26(32)33)14-19(13-17)27(34)35/h3-14,24-25H,1-2H3,(H,30,37)(H,32,33)(H,34,35)/t24-,25-/m0/s1. The maximum atomic E-state index is 11.6. The van der Waals surface area contributed by atoms with E-state index >= 15 is 0 Å². The highest BCUT2D eigenvalue weighted by Gasteiger charge is 2.42. The normalized spacial score (nSPS) is 17.0. The number of thiocarbonyl (C=S) groups is 1. The molecule has 2 aromatic carbocycles. The number of hydrogen-bond acceptors (Lipinski definition) is 5. The van der Waals surface area contributed by atoms with E-state index in [0.717, 1.165) is 28.6 Å². The Bertz CT molecular complexity index is 1480. The molecule has 0 amide bonds. The molecular formula is C28H23N3O5S. The van der Waals surface area contributed by atoms with Crippen LogP contribution in [0.5, 0.6) is 0 Å². The first kappa shape index (κ1) is 24.2. The number of aryl methyl sites for hydroxylation is 2. The largest absolute Gasteiger partial charge is 0.478 e. The van der Waals surface area contributed by atoms with Crippen molar-refractivity contribution in [2.75, 3.05) is 4.90 Å². The predicted octanol–water partition coefficient (Wildman–Crippen LogP) is 5.53. The van der Waals surface area contributed by atoms with Crippen LogP contribution >= 0.6 is 12.2 Å². The summed E-state index contributed by atoms with van der Waals surface area (Å²) in [4.78, 5) is 29.7. The van der Waals surface area contributed by atoms with E-state index in [4.69, 9.17) is 16.6 Å². The van der Waals surface area contributed by atoms with Crippen LogP contribution in [-0.2, 0) is 0 Å². The van der Waals surface area contributed by atoms with E-state index in [0.29, 0.717) is 22.2 Å². The highest BCUT2D eigenvalue weighted by atomic mass is 32.1. The fourth-order valence-corrected chi connectivity index (χ4v) is 5.04. The number of carboxylic acids is 2. The summed E-state index contributed by atoms with van der Waals surface area (Å²) in [6.45, 7) is 4.05. The highest BCUT2D eigenvalue weighted by molar-refractivity contribution is 7.80. The van der Waals surface area contributed by atoms with Crippen LogP contribution in [0.3, 0.4) is 0 Å². The molecule has 0 radical (unpaired) electrons. The molecule has 9 heteroatoms. The van der Waals surface area contributed by atoms with E-state index in [-0.39, 0.29) is 17.2 Å². The molecule has 2 aromatic heterocycles. The van der Waals surface area contributed by atoms with Gasteiger partial charge in [0.25, 0.3) is 0 Å². The Hall–Kier alpha value is -4.50. The van der Waals surface area contributed by atoms with Crippen LogP contribution in [0.4, 0.5) is 5.69 Å². The van der Waals surface area contributed by atoms with Gasteiger partial charge in [0, 0.05) is 17.4 Å². The van der Waals surface area contributed by atoms with Crippen LogP contribution in [-0.4, -0.2) is 32.2 Å². The zero-order valence-electron chi connectivity index (χ0n) is 20.0. The molecule has 1 aliphatic heterocycles. The Morgan fingerprint density at radius 1 is 0.946 bits per heavy atom. The molecule has 5 rings (SSSR count). The number of benzene rings is 2. The first-order chi connectivity index (χ1) is 17.7. The van der Waals surface area contributed by atoms with Crippen molar-refractivity contribution in [2.24, 2.45) is 0 Å². The van der Waals surface area contributed by atoms with Crippen molar-refractivity contribution in [3.05, 3.63) is 107 Å². The molecule has 0 aliphatic carbocycles. The lowest BCUT2D eigenvalue weighted by Crippen LogP contribution is -2.29. The maximum Gasteiger partial charge on any atom is 0.335 e. The number of anilines is 1. The molecule has 4 aromatic rings. The van der Waals surface area contributed by atoms with Crippen LogP contribution in [0, 0.1) is 13.8 Å². The van der Waals surface area contributed by atoms with Gasteiger partial charge in [0.2, 0.25) is 0 Å². The molecule has 186 valence electrons. The molecule has 37 heavy (non-hydrogen) atoms. The van der Waals surface area contributed by atoms with E-state index in [1.165, 1.54) is 12.1 Å². The summed E-state index contributed by atoms with van der Waals surface area (Å²) >= 11 is 5.77. The lowest BCUT2D eigenvalue weighted by Gasteiger charge is -2.26. The number of rotatable bonds is 6. The van der Waals surface area contributed by atoms with E-state index < -0.39 is 18.0 Å². The second-order valence-corrected chi connectivity index (χ2v) is 9.34. The fourth-order valence-electron chi connectivity index (χ4n) is 4.70. The van der Waals surface area contributed by atoms with Crippen LogP contribution < -0.4 is 10.2 Å². The smallest absolute Gasteiger partial charge is 0.335 e. The predicted molar refractivity (Wildman–Crippen MR) is 142 cm³/mol. The third-order valence-corrected chi connectivity index (χ3v) is 6.53. The van der Waals surface area contributed by atoms with Gasteiger partial charge in [-0.1, -0.05) is 12.1 Å². The minimum absolute atomic E-state index is 0.139.